The second kappa shape index (κ2) is 6.72. The van der Waals surface area contributed by atoms with E-state index in [9.17, 15) is 4.79 Å². The summed E-state index contributed by atoms with van der Waals surface area (Å²) in [5.74, 6) is 2.40. The first-order valence-corrected chi connectivity index (χ1v) is 9.34. The molecule has 4 rings (SSSR count). The van der Waals surface area contributed by atoms with E-state index >= 15 is 0 Å². The van der Waals surface area contributed by atoms with Crippen molar-refractivity contribution in [1.29, 1.82) is 0 Å². The Balaban J connectivity index is 1.53. The number of nitrogens with zero attached hydrogens (tertiary/aromatic N) is 4. The highest BCUT2D eigenvalue weighted by atomic mass is 79.9. The molecular weight excluding hydrogens is 396 g/mol. The van der Waals surface area contributed by atoms with Crippen LogP contribution in [-0.2, 0) is 0 Å². The largest absolute Gasteiger partial charge is 0.466 e. The third-order valence-corrected chi connectivity index (χ3v) is 5.21. The van der Waals surface area contributed by atoms with Crippen LogP contribution in [0.4, 0.5) is 5.82 Å². The lowest BCUT2D eigenvalue weighted by atomic mass is 10.2. The predicted octanol–water partition coefficient (Wildman–Crippen LogP) is 3.56. The van der Waals surface area contributed by atoms with Gasteiger partial charge in [0.15, 0.2) is 0 Å². The SMILES string of the molecule is Cc1cc(C(=O)N2CCN(c3ncnc4ccc(Br)cc34)CC2)c(C)o1. The maximum absolute atomic E-state index is 12.7. The fraction of sp³-hybridized carbons (Fsp3) is 0.316. The van der Waals surface area contributed by atoms with E-state index in [1.165, 1.54) is 0 Å². The molecule has 0 bridgehead atoms. The molecule has 3 aromatic rings. The van der Waals surface area contributed by atoms with Crippen molar-refractivity contribution < 1.29 is 9.21 Å². The van der Waals surface area contributed by atoms with Gasteiger partial charge in [-0.3, -0.25) is 4.79 Å². The molecule has 2 aromatic heterocycles. The summed E-state index contributed by atoms with van der Waals surface area (Å²) in [5, 5.41) is 1.02. The van der Waals surface area contributed by atoms with Gasteiger partial charge in [0, 0.05) is 36.0 Å². The topological polar surface area (TPSA) is 62.5 Å². The number of carbonyl (C=O) groups is 1. The Morgan fingerprint density at radius 2 is 1.88 bits per heavy atom. The van der Waals surface area contributed by atoms with Crippen LogP contribution in [0.5, 0.6) is 0 Å². The molecule has 7 heteroatoms. The van der Waals surface area contributed by atoms with Gasteiger partial charge in [0.1, 0.15) is 23.7 Å². The highest BCUT2D eigenvalue weighted by molar-refractivity contribution is 9.10. The summed E-state index contributed by atoms with van der Waals surface area (Å²) in [6, 6.07) is 7.82. The minimum absolute atomic E-state index is 0.0364. The number of anilines is 1. The summed E-state index contributed by atoms with van der Waals surface area (Å²) in [6.07, 6.45) is 1.60. The number of fused-ring (bicyclic) bond motifs is 1. The van der Waals surface area contributed by atoms with Gasteiger partial charge in [-0.05, 0) is 38.1 Å². The van der Waals surface area contributed by atoms with Crippen LogP contribution in [-0.4, -0.2) is 47.0 Å². The van der Waals surface area contributed by atoms with E-state index in [0.717, 1.165) is 40.0 Å². The molecule has 6 nitrogen and oxygen atoms in total. The number of furan rings is 1. The lowest BCUT2D eigenvalue weighted by molar-refractivity contribution is 0.0745. The van der Waals surface area contributed by atoms with Gasteiger partial charge < -0.3 is 14.2 Å². The van der Waals surface area contributed by atoms with Crippen molar-refractivity contribution >= 4 is 38.6 Å². The number of rotatable bonds is 2. The zero-order chi connectivity index (χ0) is 18.3. The van der Waals surface area contributed by atoms with Gasteiger partial charge in [0.2, 0.25) is 0 Å². The smallest absolute Gasteiger partial charge is 0.257 e. The van der Waals surface area contributed by atoms with Crippen LogP contribution in [0.1, 0.15) is 21.9 Å². The molecule has 1 aliphatic rings. The van der Waals surface area contributed by atoms with E-state index in [1.807, 2.05) is 43.0 Å². The Morgan fingerprint density at radius 1 is 1.12 bits per heavy atom. The fourth-order valence-electron chi connectivity index (χ4n) is 3.40. The van der Waals surface area contributed by atoms with Crippen LogP contribution in [0.25, 0.3) is 10.9 Å². The Hall–Kier alpha value is -2.41. The molecular formula is C19H19BrN4O2. The zero-order valence-corrected chi connectivity index (χ0v) is 16.3. The van der Waals surface area contributed by atoms with Crippen molar-refractivity contribution in [2.24, 2.45) is 0 Å². The molecule has 0 radical (unpaired) electrons. The van der Waals surface area contributed by atoms with Gasteiger partial charge in [-0.1, -0.05) is 15.9 Å². The van der Waals surface area contributed by atoms with Crippen LogP contribution in [0, 0.1) is 13.8 Å². The second-order valence-electron chi connectivity index (χ2n) is 6.46. The molecule has 0 aliphatic carbocycles. The van der Waals surface area contributed by atoms with E-state index < -0.39 is 0 Å². The first-order chi connectivity index (χ1) is 12.5. The van der Waals surface area contributed by atoms with Gasteiger partial charge in [-0.25, -0.2) is 9.97 Å². The van der Waals surface area contributed by atoms with Crippen molar-refractivity contribution in [2.45, 2.75) is 13.8 Å². The Bertz CT molecular complexity index is 977. The van der Waals surface area contributed by atoms with Crippen molar-refractivity contribution in [3.63, 3.8) is 0 Å². The van der Waals surface area contributed by atoms with Crippen molar-refractivity contribution in [2.75, 3.05) is 31.1 Å². The first kappa shape index (κ1) is 17.0. The Kier molecular flexibility index (Phi) is 4.40. The number of hydrogen-bond acceptors (Lipinski definition) is 5. The molecule has 0 spiro atoms. The summed E-state index contributed by atoms with van der Waals surface area (Å²) in [6.45, 7) is 6.48. The molecule has 1 amide bonds. The molecule has 0 atom stereocenters. The van der Waals surface area contributed by atoms with Gasteiger partial charge >= 0.3 is 0 Å². The summed E-state index contributed by atoms with van der Waals surface area (Å²) < 4.78 is 6.50. The van der Waals surface area contributed by atoms with Gasteiger partial charge in [0.25, 0.3) is 5.91 Å². The number of aromatic nitrogens is 2. The number of hydrogen-bond donors (Lipinski definition) is 0. The molecule has 1 aliphatic heterocycles. The number of aryl methyl sites for hydroxylation is 2. The third-order valence-electron chi connectivity index (χ3n) is 4.71. The summed E-state index contributed by atoms with van der Waals surface area (Å²) >= 11 is 3.52. The van der Waals surface area contributed by atoms with Crippen molar-refractivity contribution in [3.8, 4) is 0 Å². The maximum Gasteiger partial charge on any atom is 0.257 e. The average molecular weight is 415 g/mol. The van der Waals surface area contributed by atoms with Crippen LogP contribution in [0.2, 0.25) is 0 Å². The Morgan fingerprint density at radius 3 is 2.58 bits per heavy atom. The normalized spacial score (nSPS) is 14.9. The maximum atomic E-state index is 12.7. The summed E-state index contributed by atoms with van der Waals surface area (Å²) in [5.41, 5.74) is 1.58. The lowest BCUT2D eigenvalue weighted by Crippen LogP contribution is -2.49. The van der Waals surface area contributed by atoms with Crippen molar-refractivity contribution in [3.05, 3.63) is 52.1 Å². The quantitative estimate of drug-likeness (QED) is 0.641. The van der Waals surface area contributed by atoms with Gasteiger partial charge in [-0.2, -0.15) is 0 Å². The zero-order valence-electron chi connectivity index (χ0n) is 14.7. The van der Waals surface area contributed by atoms with Crippen LogP contribution in [0.3, 0.4) is 0 Å². The van der Waals surface area contributed by atoms with Crippen LogP contribution in [0.15, 0.2) is 39.5 Å². The van der Waals surface area contributed by atoms with Crippen molar-refractivity contribution in [1.82, 2.24) is 14.9 Å². The molecule has 1 saturated heterocycles. The van der Waals surface area contributed by atoms with Crippen LogP contribution >= 0.6 is 15.9 Å². The number of carbonyl (C=O) groups excluding carboxylic acids is 1. The average Bonchev–Trinajstić information content (AvgIpc) is 2.99. The predicted molar refractivity (Wildman–Crippen MR) is 104 cm³/mol. The number of piperazine rings is 1. The van der Waals surface area contributed by atoms with Gasteiger partial charge in [0.05, 0.1) is 11.1 Å². The van der Waals surface area contributed by atoms with Gasteiger partial charge in [-0.15, -0.1) is 0 Å². The molecule has 3 heterocycles. The number of benzene rings is 1. The Labute approximate surface area is 160 Å². The monoisotopic (exact) mass is 414 g/mol. The highest BCUT2D eigenvalue weighted by Gasteiger charge is 2.26. The van der Waals surface area contributed by atoms with E-state index in [1.54, 1.807) is 6.33 Å². The molecule has 0 N–H and O–H groups in total. The number of amides is 1. The standard InChI is InChI=1S/C19H19BrN4O2/c1-12-9-15(13(2)26-12)19(25)24-7-5-23(6-8-24)18-16-10-14(20)3-4-17(16)21-11-22-18/h3-4,9-11H,5-8H2,1-2H3. The summed E-state index contributed by atoms with van der Waals surface area (Å²) in [7, 11) is 0. The minimum atomic E-state index is 0.0364. The third kappa shape index (κ3) is 3.07. The fourth-order valence-corrected chi connectivity index (χ4v) is 3.76. The van der Waals surface area contributed by atoms with E-state index in [-0.39, 0.29) is 5.91 Å². The van der Waals surface area contributed by atoms with E-state index in [2.05, 4.69) is 30.8 Å². The van der Waals surface area contributed by atoms with E-state index in [0.29, 0.717) is 24.4 Å². The highest BCUT2D eigenvalue weighted by Crippen LogP contribution is 2.27. The summed E-state index contributed by atoms with van der Waals surface area (Å²) in [4.78, 5) is 25.7. The first-order valence-electron chi connectivity index (χ1n) is 8.54. The number of halogens is 1. The second-order valence-corrected chi connectivity index (χ2v) is 7.38. The molecule has 26 heavy (non-hydrogen) atoms. The molecule has 0 saturated carbocycles. The molecule has 0 unspecified atom stereocenters. The van der Waals surface area contributed by atoms with E-state index in [4.69, 9.17) is 4.42 Å². The molecule has 1 fully saturated rings. The minimum Gasteiger partial charge on any atom is -0.466 e. The molecule has 1 aromatic carbocycles. The van der Waals surface area contributed by atoms with Crippen LogP contribution < -0.4 is 4.90 Å². The molecule has 134 valence electrons. The lowest BCUT2D eigenvalue weighted by Gasteiger charge is -2.35.